The van der Waals surface area contributed by atoms with Gasteiger partial charge in [0.15, 0.2) is 0 Å². The van der Waals surface area contributed by atoms with E-state index in [-0.39, 0.29) is 23.3 Å². The van der Waals surface area contributed by atoms with Crippen molar-refractivity contribution in [1.29, 1.82) is 0 Å². The Bertz CT molecular complexity index is 1240. The number of benzene rings is 2. The molecule has 0 aliphatic carbocycles. The van der Waals surface area contributed by atoms with Crippen molar-refractivity contribution in [1.82, 2.24) is 9.66 Å². The van der Waals surface area contributed by atoms with E-state index in [4.69, 9.17) is 4.74 Å². The predicted octanol–water partition coefficient (Wildman–Crippen LogP) is 5.64. The highest BCUT2D eigenvalue weighted by atomic mass is 79.9. The molecule has 0 saturated heterocycles. The van der Waals surface area contributed by atoms with Gasteiger partial charge in [-0.15, -0.1) is 0 Å². The maximum absolute atomic E-state index is 13.3. The van der Waals surface area contributed by atoms with Crippen molar-refractivity contribution < 1.29 is 9.66 Å². The second-order valence-electron chi connectivity index (χ2n) is 7.62. The lowest BCUT2D eigenvalue weighted by Gasteiger charge is -2.15. The van der Waals surface area contributed by atoms with Gasteiger partial charge in [0.2, 0.25) is 0 Å². The number of rotatable bonds is 8. The maximum atomic E-state index is 13.3. The molecule has 9 heteroatoms. The fourth-order valence-electron chi connectivity index (χ4n) is 3.06. The third kappa shape index (κ3) is 5.04. The van der Waals surface area contributed by atoms with Gasteiger partial charge in [-0.05, 0) is 44.0 Å². The first-order valence-corrected chi connectivity index (χ1v) is 11.3. The maximum Gasteiger partial charge on any atom is 0.282 e. The quantitative estimate of drug-likeness (QED) is 0.226. The van der Waals surface area contributed by atoms with Crippen LogP contribution in [0.1, 0.15) is 57.8 Å². The summed E-state index contributed by atoms with van der Waals surface area (Å²) >= 11 is 3.39. The number of nitro groups is 1. The lowest BCUT2D eigenvalue weighted by atomic mass is 10.1. The molecule has 0 aliphatic rings. The molecule has 168 valence electrons. The third-order valence-corrected chi connectivity index (χ3v) is 5.80. The summed E-state index contributed by atoms with van der Waals surface area (Å²) in [7, 11) is 0. The molecular formula is C23H25BrN4O4. The van der Waals surface area contributed by atoms with Crippen LogP contribution in [-0.2, 0) is 0 Å². The summed E-state index contributed by atoms with van der Waals surface area (Å²) in [6, 6.07) is 9.67. The molecule has 32 heavy (non-hydrogen) atoms. The SMILES string of the molecule is CC[C@@H](C)Oc1ccc([N+](=O)[O-])cc1C=Nn1c([C@H](C)CC)nc2ccc(Br)cc2c1=O. The normalized spacial score (nSPS) is 13.4. The molecule has 8 nitrogen and oxygen atoms in total. The Labute approximate surface area is 194 Å². The minimum atomic E-state index is -0.476. The van der Waals surface area contributed by atoms with Gasteiger partial charge in [-0.25, -0.2) is 4.98 Å². The number of aromatic nitrogens is 2. The zero-order valence-electron chi connectivity index (χ0n) is 18.4. The molecule has 3 rings (SSSR count). The first-order valence-electron chi connectivity index (χ1n) is 10.5. The Hall–Kier alpha value is -3.07. The Morgan fingerprint density at radius 2 is 1.97 bits per heavy atom. The van der Waals surface area contributed by atoms with Crippen LogP contribution in [0.2, 0.25) is 0 Å². The molecule has 2 aromatic carbocycles. The summed E-state index contributed by atoms with van der Waals surface area (Å²) < 4.78 is 7.95. The van der Waals surface area contributed by atoms with Gasteiger partial charge in [0.25, 0.3) is 11.2 Å². The van der Waals surface area contributed by atoms with E-state index in [0.717, 1.165) is 17.3 Å². The average molecular weight is 501 g/mol. The summed E-state index contributed by atoms with van der Waals surface area (Å²) in [4.78, 5) is 28.8. The summed E-state index contributed by atoms with van der Waals surface area (Å²) in [6.45, 7) is 7.89. The highest BCUT2D eigenvalue weighted by Gasteiger charge is 2.17. The van der Waals surface area contributed by atoms with Gasteiger partial charge in [-0.2, -0.15) is 9.78 Å². The van der Waals surface area contributed by atoms with E-state index in [0.29, 0.717) is 28.0 Å². The van der Waals surface area contributed by atoms with E-state index in [9.17, 15) is 14.9 Å². The first-order chi connectivity index (χ1) is 15.2. The standard InChI is InChI=1S/C23H25BrN4O4/c1-5-14(3)22-26-20-9-7-17(24)12-19(20)23(29)27(22)25-13-16-11-18(28(30)31)8-10-21(16)32-15(4)6-2/h7-15H,5-6H2,1-4H3/t14-,15-/m1/s1. The Kier molecular flexibility index (Phi) is 7.40. The van der Waals surface area contributed by atoms with Crippen LogP contribution in [0.3, 0.4) is 0 Å². The van der Waals surface area contributed by atoms with E-state index in [2.05, 4.69) is 26.0 Å². The van der Waals surface area contributed by atoms with Gasteiger partial charge in [-0.1, -0.05) is 36.7 Å². The smallest absolute Gasteiger partial charge is 0.282 e. The molecule has 2 atom stereocenters. The van der Waals surface area contributed by atoms with Gasteiger partial charge in [-0.3, -0.25) is 14.9 Å². The monoisotopic (exact) mass is 500 g/mol. The van der Waals surface area contributed by atoms with Gasteiger partial charge >= 0.3 is 0 Å². The number of fused-ring (bicyclic) bond motifs is 1. The molecule has 1 heterocycles. The Morgan fingerprint density at radius 1 is 1.22 bits per heavy atom. The number of hydrogen-bond acceptors (Lipinski definition) is 6. The van der Waals surface area contributed by atoms with Crippen molar-refractivity contribution >= 4 is 38.7 Å². The van der Waals surface area contributed by atoms with Crippen LogP contribution < -0.4 is 10.3 Å². The summed E-state index contributed by atoms with van der Waals surface area (Å²) in [6.07, 6.45) is 2.88. The number of ether oxygens (including phenoxy) is 1. The molecule has 0 N–H and O–H groups in total. The molecule has 1 aromatic heterocycles. The van der Waals surface area contributed by atoms with Gasteiger partial charge in [0.05, 0.1) is 28.1 Å². The lowest BCUT2D eigenvalue weighted by molar-refractivity contribution is -0.384. The van der Waals surface area contributed by atoms with Crippen LogP contribution in [0.25, 0.3) is 10.9 Å². The fraction of sp³-hybridized carbons (Fsp3) is 0.348. The van der Waals surface area contributed by atoms with Crippen molar-refractivity contribution in [3.63, 3.8) is 0 Å². The number of nitrogens with zero attached hydrogens (tertiary/aromatic N) is 4. The Morgan fingerprint density at radius 3 is 2.62 bits per heavy atom. The van der Waals surface area contributed by atoms with Gasteiger partial charge in [0, 0.05) is 28.1 Å². The van der Waals surface area contributed by atoms with E-state index in [1.165, 1.54) is 23.0 Å². The van der Waals surface area contributed by atoms with Crippen LogP contribution in [-0.4, -0.2) is 26.9 Å². The molecule has 0 amide bonds. The molecule has 0 saturated carbocycles. The van der Waals surface area contributed by atoms with E-state index in [1.807, 2.05) is 33.8 Å². The van der Waals surface area contributed by atoms with Crippen LogP contribution in [0.4, 0.5) is 5.69 Å². The van der Waals surface area contributed by atoms with E-state index >= 15 is 0 Å². The number of non-ortho nitro benzene ring substituents is 1. The molecule has 0 spiro atoms. The zero-order valence-corrected chi connectivity index (χ0v) is 20.0. The molecular weight excluding hydrogens is 476 g/mol. The van der Waals surface area contributed by atoms with E-state index < -0.39 is 4.92 Å². The molecule has 0 unspecified atom stereocenters. The van der Waals surface area contributed by atoms with Crippen LogP contribution in [0.5, 0.6) is 5.75 Å². The highest BCUT2D eigenvalue weighted by Crippen LogP contribution is 2.25. The largest absolute Gasteiger partial charge is 0.490 e. The second kappa shape index (κ2) is 10.0. The first kappa shape index (κ1) is 23.6. The van der Waals surface area contributed by atoms with Crippen LogP contribution in [0.15, 0.2) is 50.8 Å². The van der Waals surface area contributed by atoms with Gasteiger partial charge < -0.3 is 4.74 Å². The van der Waals surface area contributed by atoms with Crippen molar-refractivity contribution in [3.05, 3.63) is 72.7 Å². The van der Waals surface area contributed by atoms with Crippen molar-refractivity contribution in [2.75, 3.05) is 0 Å². The fourth-order valence-corrected chi connectivity index (χ4v) is 3.42. The van der Waals surface area contributed by atoms with E-state index in [1.54, 1.807) is 18.2 Å². The summed E-state index contributed by atoms with van der Waals surface area (Å²) in [5.41, 5.74) is 0.614. The predicted molar refractivity (Wildman–Crippen MR) is 129 cm³/mol. The minimum absolute atomic E-state index is 0.0196. The summed E-state index contributed by atoms with van der Waals surface area (Å²) in [5.74, 6) is 0.968. The molecule has 0 aliphatic heterocycles. The highest BCUT2D eigenvalue weighted by molar-refractivity contribution is 9.10. The second-order valence-corrected chi connectivity index (χ2v) is 8.53. The van der Waals surface area contributed by atoms with Crippen LogP contribution in [0, 0.1) is 10.1 Å². The van der Waals surface area contributed by atoms with Gasteiger partial charge in [0.1, 0.15) is 11.6 Å². The summed E-state index contributed by atoms with van der Waals surface area (Å²) in [5, 5.41) is 16.1. The lowest BCUT2D eigenvalue weighted by Crippen LogP contribution is -2.23. The van der Waals surface area contributed by atoms with Crippen molar-refractivity contribution in [2.45, 2.75) is 52.6 Å². The minimum Gasteiger partial charge on any atom is -0.490 e. The molecule has 3 aromatic rings. The number of nitro benzene ring substituents is 1. The number of halogens is 1. The van der Waals surface area contributed by atoms with Crippen molar-refractivity contribution in [3.8, 4) is 5.75 Å². The van der Waals surface area contributed by atoms with Crippen molar-refractivity contribution in [2.24, 2.45) is 5.10 Å². The molecule has 0 bridgehead atoms. The molecule has 0 radical (unpaired) electrons. The average Bonchev–Trinajstić information content (AvgIpc) is 2.78. The Balaban J connectivity index is 2.19. The topological polar surface area (TPSA) is 99.6 Å². The molecule has 0 fully saturated rings. The third-order valence-electron chi connectivity index (χ3n) is 5.31. The van der Waals surface area contributed by atoms with Crippen LogP contribution >= 0.6 is 15.9 Å². The number of hydrogen-bond donors (Lipinski definition) is 0. The zero-order chi connectivity index (χ0) is 23.4.